The number of ether oxygens (including phenoxy) is 1. The van der Waals surface area contributed by atoms with Crippen LogP contribution in [0.2, 0.25) is 0 Å². The molecule has 1 fully saturated rings. The molecule has 1 unspecified atom stereocenters. The third kappa shape index (κ3) is 6.62. The number of amides is 1. The molecule has 4 nitrogen and oxygen atoms in total. The monoisotopic (exact) mass is 255 g/mol. The highest BCUT2D eigenvalue weighted by Gasteiger charge is 2.26. The van der Waals surface area contributed by atoms with Gasteiger partial charge in [0.1, 0.15) is 11.4 Å². The average Bonchev–Trinajstić information content (AvgIpc) is 2.97. The molecule has 0 spiro atoms. The Bertz CT molecular complexity index is 303. The highest BCUT2D eigenvalue weighted by Crippen LogP contribution is 2.33. The Labute approximate surface area is 109 Å². The largest absolute Gasteiger partial charge is 0.444 e. The van der Waals surface area contributed by atoms with Gasteiger partial charge in [0.2, 0.25) is 0 Å². The maximum absolute atomic E-state index is 11.7. The predicted molar refractivity (Wildman–Crippen MR) is 70.4 cm³/mol. The van der Waals surface area contributed by atoms with Gasteiger partial charge in [-0.25, -0.2) is 4.79 Å². The number of Topliss-reactive ketones (excluding diaryl/α,β-unsaturated/α-hetero) is 1. The lowest BCUT2D eigenvalue weighted by atomic mass is 10.0. The minimum Gasteiger partial charge on any atom is -0.444 e. The van der Waals surface area contributed by atoms with Crippen molar-refractivity contribution in [1.29, 1.82) is 0 Å². The number of rotatable bonds is 6. The van der Waals surface area contributed by atoms with Crippen molar-refractivity contribution >= 4 is 11.9 Å². The van der Waals surface area contributed by atoms with Crippen molar-refractivity contribution in [3.8, 4) is 0 Å². The minimum atomic E-state index is -0.500. The summed E-state index contributed by atoms with van der Waals surface area (Å²) < 4.78 is 5.18. The third-order valence-corrected chi connectivity index (χ3v) is 2.90. The molecule has 104 valence electrons. The molecule has 1 aliphatic rings. The molecule has 1 rings (SSSR count). The van der Waals surface area contributed by atoms with Gasteiger partial charge >= 0.3 is 6.09 Å². The van der Waals surface area contributed by atoms with E-state index < -0.39 is 11.7 Å². The van der Waals surface area contributed by atoms with Crippen LogP contribution in [0.4, 0.5) is 4.79 Å². The lowest BCUT2D eigenvalue weighted by Gasteiger charge is -2.22. The first-order valence-corrected chi connectivity index (χ1v) is 6.81. The van der Waals surface area contributed by atoms with E-state index in [-0.39, 0.29) is 11.8 Å². The zero-order valence-corrected chi connectivity index (χ0v) is 11.9. The van der Waals surface area contributed by atoms with Gasteiger partial charge in [-0.3, -0.25) is 4.79 Å². The maximum atomic E-state index is 11.7. The Balaban J connectivity index is 2.31. The first kappa shape index (κ1) is 15.0. The summed E-state index contributed by atoms with van der Waals surface area (Å²) in [4.78, 5) is 23.3. The van der Waals surface area contributed by atoms with Crippen molar-refractivity contribution < 1.29 is 14.3 Å². The highest BCUT2D eigenvalue weighted by molar-refractivity contribution is 5.80. The summed E-state index contributed by atoms with van der Waals surface area (Å²) in [6, 6.07) is -0.105. The van der Waals surface area contributed by atoms with Gasteiger partial charge in [0.15, 0.2) is 0 Å². The van der Waals surface area contributed by atoms with Crippen LogP contribution in [0.5, 0.6) is 0 Å². The molecule has 0 saturated heterocycles. The summed E-state index contributed by atoms with van der Waals surface area (Å²) in [5.41, 5.74) is -0.500. The lowest BCUT2D eigenvalue weighted by Crippen LogP contribution is -2.39. The summed E-state index contributed by atoms with van der Waals surface area (Å²) in [5.74, 6) is 0.858. The molecule has 0 bridgehead atoms. The maximum Gasteiger partial charge on any atom is 0.407 e. The molecule has 0 aliphatic heterocycles. The lowest BCUT2D eigenvalue weighted by molar-refractivity contribution is -0.119. The number of nitrogens with one attached hydrogen (secondary N) is 1. The smallest absolute Gasteiger partial charge is 0.407 e. The molecule has 0 heterocycles. The van der Waals surface area contributed by atoms with Crippen LogP contribution in [0.25, 0.3) is 0 Å². The molecule has 1 N–H and O–H groups in total. The molecule has 1 aliphatic carbocycles. The Morgan fingerprint density at radius 1 is 1.33 bits per heavy atom. The second-order valence-electron chi connectivity index (χ2n) is 6.14. The SMILES string of the molecule is CCC(CC(=O)CC1CC1)NC(=O)OC(C)(C)C. The summed E-state index contributed by atoms with van der Waals surface area (Å²) in [5, 5.41) is 2.77. The van der Waals surface area contributed by atoms with Gasteiger partial charge in [0.05, 0.1) is 0 Å². The van der Waals surface area contributed by atoms with Crippen LogP contribution < -0.4 is 5.32 Å². The van der Waals surface area contributed by atoms with Crippen LogP contribution in [0.3, 0.4) is 0 Å². The molecule has 0 aromatic heterocycles. The third-order valence-electron chi connectivity index (χ3n) is 2.90. The van der Waals surface area contributed by atoms with Crippen molar-refractivity contribution in [3.05, 3.63) is 0 Å². The van der Waals surface area contributed by atoms with E-state index in [2.05, 4.69) is 5.32 Å². The van der Waals surface area contributed by atoms with E-state index in [0.29, 0.717) is 18.8 Å². The van der Waals surface area contributed by atoms with Crippen LogP contribution in [-0.4, -0.2) is 23.5 Å². The van der Waals surface area contributed by atoms with E-state index in [9.17, 15) is 9.59 Å². The van der Waals surface area contributed by atoms with E-state index in [1.165, 1.54) is 12.8 Å². The number of carbonyl (C=O) groups is 2. The zero-order valence-electron chi connectivity index (χ0n) is 11.9. The average molecular weight is 255 g/mol. The van der Waals surface area contributed by atoms with E-state index in [0.717, 1.165) is 6.42 Å². The fraction of sp³-hybridized carbons (Fsp3) is 0.857. The van der Waals surface area contributed by atoms with E-state index in [4.69, 9.17) is 4.74 Å². The molecule has 1 saturated carbocycles. The van der Waals surface area contributed by atoms with Gasteiger partial charge < -0.3 is 10.1 Å². The number of ketones is 1. The Kier molecular flexibility index (Phi) is 5.17. The minimum absolute atomic E-state index is 0.105. The van der Waals surface area contributed by atoms with E-state index in [1.807, 2.05) is 27.7 Å². The number of alkyl carbamates (subject to hydrolysis) is 1. The molecule has 1 atom stereocenters. The van der Waals surface area contributed by atoms with E-state index in [1.54, 1.807) is 0 Å². The van der Waals surface area contributed by atoms with Crippen LogP contribution in [-0.2, 0) is 9.53 Å². The highest BCUT2D eigenvalue weighted by atomic mass is 16.6. The summed E-state index contributed by atoms with van der Waals surface area (Å²) >= 11 is 0. The molecule has 18 heavy (non-hydrogen) atoms. The summed E-state index contributed by atoms with van der Waals surface area (Å²) in [7, 11) is 0. The normalized spacial score (nSPS) is 17.1. The fourth-order valence-electron chi connectivity index (χ4n) is 1.77. The van der Waals surface area contributed by atoms with Gasteiger partial charge in [0.25, 0.3) is 0 Å². The Hall–Kier alpha value is -1.06. The molecule has 0 radical (unpaired) electrons. The first-order valence-electron chi connectivity index (χ1n) is 6.81. The van der Waals surface area contributed by atoms with Gasteiger partial charge in [-0.05, 0) is 46.0 Å². The zero-order chi connectivity index (χ0) is 13.8. The standard InChI is InChI=1S/C14H25NO3/c1-5-11(9-12(16)8-10-6-7-10)15-13(17)18-14(2,3)4/h10-11H,5-9H2,1-4H3,(H,15,17). The van der Waals surface area contributed by atoms with Crippen LogP contribution in [0.15, 0.2) is 0 Å². The molecule has 4 heteroatoms. The van der Waals surface area contributed by atoms with Crippen molar-refractivity contribution in [2.75, 3.05) is 0 Å². The van der Waals surface area contributed by atoms with Crippen molar-refractivity contribution in [2.45, 2.75) is 71.4 Å². The molecular weight excluding hydrogens is 230 g/mol. The molecule has 0 aromatic rings. The van der Waals surface area contributed by atoms with Crippen LogP contribution in [0, 0.1) is 5.92 Å². The van der Waals surface area contributed by atoms with Gasteiger partial charge in [-0.2, -0.15) is 0 Å². The summed E-state index contributed by atoms with van der Waals surface area (Å²) in [6.07, 6.45) is 3.77. The topological polar surface area (TPSA) is 55.4 Å². The second kappa shape index (κ2) is 6.21. The molecular formula is C14H25NO3. The van der Waals surface area contributed by atoms with Gasteiger partial charge in [-0.15, -0.1) is 0 Å². The quantitative estimate of drug-likeness (QED) is 0.793. The Morgan fingerprint density at radius 3 is 2.39 bits per heavy atom. The van der Waals surface area contributed by atoms with Gasteiger partial charge in [-0.1, -0.05) is 6.92 Å². The van der Waals surface area contributed by atoms with E-state index >= 15 is 0 Å². The van der Waals surface area contributed by atoms with Gasteiger partial charge in [0, 0.05) is 18.9 Å². The van der Waals surface area contributed by atoms with Crippen molar-refractivity contribution in [1.82, 2.24) is 5.32 Å². The number of carbonyl (C=O) groups excluding carboxylic acids is 2. The second-order valence-corrected chi connectivity index (χ2v) is 6.14. The predicted octanol–water partition coefficient (Wildman–Crippen LogP) is 3.05. The van der Waals surface area contributed by atoms with Crippen molar-refractivity contribution in [2.24, 2.45) is 5.92 Å². The van der Waals surface area contributed by atoms with Crippen molar-refractivity contribution in [3.63, 3.8) is 0 Å². The van der Waals surface area contributed by atoms with Crippen LogP contribution in [0.1, 0.15) is 59.8 Å². The number of hydrogen-bond acceptors (Lipinski definition) is 3. The van der Waals surface area contributed by atoms with Crippen LogP contribution >= 0.6 is 0 Å². The number of hydrogen-bond donors (Lipinski definition) is 1. The fourth-order valence-corrected chi connectivity index (χ4v) is 1.77. The molecule has 1 amide bonds. The Morgan fingerprint density at radius 2 is 1.94 bits per heavy atom. The summed E-state index contributed by atoms with van der Waals surface area (Å²) in [6.45, 7) is 7.44. The molecule has 0 aromatic carbocycles. The first-order chi connectivity index (χ1) is 8.30.